The highest BCUT2D eigenvalue weighted by atomic mass is 16.5. The maximum atomic E-state index is 12.2. The highest BCUT2D eigenvalue weighted by Gasteiger charge is 2.23. The smallest absolute Gasteiger partial charge is 0.311 e. The van der Waals surface area contributed by atoms with Crippen LogP contribution in [-0.4, -0.2) is 47.3 Å². The summed E-state index contributed by atoms with van der Waals surface area (Å²) in [6, 6.07) is 0. The van der Waals surface area contributed by atoms with E-state index < -0.39 is 0 Å². The monoisotopic (exact) mass is 279 g/mol. The Kier molecular flexibility index (Phi) is 5.29. The van der Waals surface area contributed by atoms with Crippen molar-refractivity contribution in [1.29, 1.82) is 0 Å². The summed E-state index contributed by atoms with van der Waals surface area (Å²) in [5, 5.41) is 7.66. The van der Waals surface area contributed by atoms with Crippen molar-refractivity contribution in [2.45, 2.75) is 38.7 Å². The van der Waals surface area contributed by atoms with Crippen LogP contribution in [0.15, 0.2) is 16.6 Å². The maximum absolute atomic E-state index is 12.2. The number of carbonyl (C=O) groups is 1. The minimum absolute atomic E-state index is 0.0443. The molecule has 2 rings (SSSR count). The third-order valence-corrected chi connectivity index (χ3v) is 3.28. The van der Waals surface area contributed by atoms with Crippen LogP contribution in [0.3, 0.4) is 0 Å². The first-order valence-corrected chi connectivity index (χ1v) is 7.01. The van der Waals surface area contributed by atoms with E-state index in [1.54, 1.807) is 11.9 Å². The van der Waals surface area contributed by atoms with E-state index in [2.05, 4.69) is 10.2 Å². The van der Waals surface area contributed by atoms with Gasteiger partial charge in [0.15, 0.2) is 0 Å². The molecule has 110 valence electrons. The van der Waals surface area contributed by atoms with Gasteiger partial charge >= 0.3 is 11.8 Å². The fourth-order valence-electron chi connectivity index (χ4n) is 2.14. The molecule has 0 radical (unpaired) electrons. The largest absolute Gasteiger partial charge is 0.417 e. The summed E-state index contributed by atoms with van der Waals surface area (Å²) < 4.78 is 11.0. The van der Waals surface area contributed by atoms with Gasteiger partial charge in [0.25, 0.3) is 0 Å². The van der Waals surface area contributed by atoms with E-state index in [9.17, 15) is 4.79 Å². The van der Waals surface area contributed by atoms with E-state index in [0.29, 0.717) is 18.9 Å². The first kappa shape index (κ1) is 14.7. The third kappa shape index (κ3) is 3.90. The van der Waals surface area contributed by atoms with Crippen LogP contribution in [0.4, 0.5) is 0 Å². The molecule has 6 heteroatoms. The number of amides is 1. The number of nitrogens with zero attached hydrogens (tertiary/aromatic N) is 3. The van der Waals surface area contributed by atoms with E-state index in [1.165, 1.54) is 0 Å². The fourth-order valence-corrected chi connectivity index (χ4v) is 2.14. The van der Waals surface area contributed by atoms with Crippen LogP contribution in [0.25, 0.3) is 0 Å². The van der Waals surface area contributed by atoms with Gasteiger partial charge in [-0.25, -0.2) is 0 Å². The zero-order valence-corrected chi connectivity index (χ0v) is 12.0. The number of allylic oxidation sites excluding steroid dienone is 2. The summed E-state index contributed by atoms with van der Waals surface area (Å²) in [7, 11) is 1.73. The van der Waals surface area contributed by atoms with E-state index in [0.717, 1.165) is 25.9 Å². The summed E-state index contributed by atoms with van der Waals surface area (Å²) >= 11 is 0. The average molecular weight is 279 g/mol. The second kappa shape index (κ2) is 7.19. The third-order valence-electron chi connectivity index (χ3n) is 3.28. The van der Waals surface area contributed by atoms with Crippen molar-refractivity contribution in [2.24, 2.45) is 0 Å². The fraction of sp³-hybridized carbons (Fsp3) is 0.643. The topological polar surface area (TPSA) is 68.5 Å². The highest BCUT2D eigenvalue weighted by molar-refractivity contribution is 5.89. The zero-order chi connectivity index (χ0) is 14.4. The molecule has 1 aliphatic heterocycles. The molecular weight excluding hydrogens is 258 g/mol. The highest BCUT2D eigenvalue weighted by Crippen LogP contribution is 2.14. The number of hydrogen-bond donors (Lipinski definition) is 0. The van der Waals surface area contributed by atoms with Gasteiger partial charge in [0.2, 0.25) is 5.89 Å². The average Bonchev–Trinajstić information content (AvgIpc) is 2.94. The Morgan fingerprint density at radius 1 is 1.45 bits per heavy atom. The van der Waals surface area contributed by atoms with Crippen molar-refractivity contribution in [3.05, 3.63) is 23.9 Å². The number of aromatic nitrogens is 2. The summed E-state index contributed by atoms with van der Waals surface area (Å²) in [6.07, 6.45) is 7.72. The van der Waals surface area contributed by atoms with Gasteiger partial charge in [-0.2, -0.15) is 0 Å². The summed E-state index contributed by atoms with van der Waals surface area (Å²) in [5.41, 5.74) is 0. The Balaban J connectivity index is 1.90. The molecule has 2 heterocycles. The Morgan fingerprint density at radius 3 is 3.00 bits per heavy atom. The van der Waals surface area contributed by atoms with Crippen LogP contribution >= 0.6 is 0 Å². The van der Waals surface area contributed by atoms with Crippen molar-refractivity contribution in [3.63, 3.8) is 0 Å². The summed E-state index contributed by atoms with van der Waals surface area (Å²) in [6.45, 7) is 3.26. The minimum Gasteiger partial charge on any atom is -0.417 e. The van der Waals surface area contributed by atoms with Crippen LogP contribution in [0.5, 0.6) is 0 Å². The lowest BCUT2D eigenvalue weighted by atomic mass is 10.1. The van der Waals surface area contributed by atoms with E-state index >= 15 is 0 Å². The number of rotatable bonds is 5. The SMILES string of the molecule is C/C=C/Cc1nnc(C(=O)N(C)C[C@H]2CCCCO2)o1. The van der Waals surface area contributed by atoms with Gasteiger partial charge in [0, 0.05) is 26.6 Å². The van der Waals surface area contributed by atoms with E-state index in [4.69, 9.17) is 9.15 Å². The molecule has 0 bridgehead atoms. The molecule has 0 saturated carbocycles. The maximum Gasteiger partial charge on any atom is 0.311 e. The van der Waals surface area contributed by atoms with Crippen LogP contribution < -0.4 is 0 Å². The second-order valence-corrected chi connectivity index (χ2v) is 4.95. The molecule has 0 aliphatic carbocycles. The molecule has 0 unspecified atom stereocenters. The van der Waals surface area contributed by atoms with Gasteiger partial charge in [-0.3, -0.25) is 4.79 Å². The van der Waals surface area contributed by atoms with E-state index in [1.807, 2.05) is 19.1 Å². The van der Waals surface area contributed by atoms with Gasteiger partial charge < -0.3 is 14.1 Å². The Hall–Kier alpha value is -1.69. The lowest BCUT2D eigenvalue weighted by molar-refractivity contribution is -0.000874. The molecule has 20 heavy (non-hydrogen) atoms. The van der Waals surface area contributed by atoms with Crippen molar-refractivity contribution < 1.29 is 13.9 Å². The predicted octanol–water partition coefficient (Wildman–Crippen LogP) is 1.83. The first-order chi connectivity index (χ1) is 9.70. The van der Waals surface area contributed by atoms with Crippen LogP contribution in [0.2, 0.25) is 0 Å². The van der Waals surface area contributed by atoms with Crippen molar-refractivity contribution in [1.82, 2.24) is 15.1 Å². The molecule has 0 spiro atoms. The second-order valence-electron chi connectivity index (χ2n) is 4.95. The van der Waals surface area contributed by atoms with Crippen LogP contribution in [-0.2, 0) is 11.2 Å². The zero-order valence-electron chi connectivity index (χ0n) is 12.0. The molecule has 1 aromatic heterocycles. The molecule has 6 nitrogen and oxygen atoms in total. The van der Waals surface area contributed by atoms with Gasteiger partial charge in [0.05, 0.1) is 6.10 Å². The quantitative estimate of drug-likeness (QED) is 0.769. The number of carbonyl (C=O) groups excluding carboxylic acids is 1. The Bertz CT molecular complexity index is 464. The normalized spacial score (nSPS) is 19.4. The lowest BCUT2D eigenvalue weighted by Crippen LogP contribution is -2.37. The number of likely N-dealkylation sites (N-methyl/N-ethyl adjacent to an activating group) is 1. The molecule has 1 aromatic rings. The van der Waals surface area contributed by atoms with E-state index in [-0.39, 0.29) is 17.9 Å². The molecule has 0 N–H and O–H groups in total. The standard InChI is InChI=1S/C14H21N3O3/c1-3-4-8-12-15-16-13(20-12)14(18)17(2)10-11-7-5-6-9-19-11/h3-4,11H,5-10H2,1-2H3/b4-3+/t11-/m1/s1. The Labute approximate surface area is 118 Å². The van der Waals surface area contributed by atoms with Crippen molar-refractivity contribution >= 4 is 5.91 Å². The molecule has 1 aliphatic rings. The summed E-state index contributed by atoms with van der Waals surface area (Å²) in [5.74, 6) is 0.245. The number of ether oxygens (including phenoxy) is 1. The molecule has 0 aromatic carbocycles. The summed E-state index contributed by atoms with van der Waals surface area (Å²) in [4.78, 5) is 13.7. The molecule has 1 saturated heterocycles. The predicted molar refractivity (Wildman–Crippen MR) is 73.4 cm³/mol. The minimum atomic E-state index is -0.251. The van der Waals surface area contributed by atoms with Gasteiger partial charge in [0.1, 0.15) is 0 Å². The van der Waals surface area contributed by atoms with Crippen molar-refractivity contribution in [3.8, 4) is 0 Å². The van der Waals surface area contributed by atoms with Crippen molar-refractivity contribution in [2.75, 3.05) is 20.2 Å². The number of hydrogen-bond acceptors (Lipinski definition) is 5. The van der Waals surface area contributed by atoms with Gasteiger partial charge in [-0.1, -0.05) is 12.2 Å². The molecule has 1 fully saturated rings. The van der Waals surface area contributed by atoms with Gasteiger partial charge in [-0.05, 0) is 26.2 Å². The Morgan fingerprint density at radius 2 is 2.30 bits per heavy atom. The molecule has 1 amide bonds. The molecular formula is C14H21N3O3. The van der Waals surface area contributed by atoms with Gasteiger partial charge in [-0.15, -0.1) is 10.2 Å². The lowest BCUT2D eigenvalue weighted by Gasteiger charge is -2.26. The van der Waals surface area contributed by atoms with Crippen LogP contribution in [0.1, 0.15) is 42.8 Å². The van der Waals surface area contributed by atoms with Crippen LogP contribution in [0, 0.1) is 0 Å². The first-order valence-electron chi connectivity index (χ1n) is 7.01. The molecule has 1 atom stereocenters.